The van der Waals surface area contributed by atoms with Gasteiger partial charge >= 0.3 is 6.18 Å². The first kappa shape index (κ1) is 21.3. The van der Waals surface area contributed by atoms with E-state index in [2.05, 4.69) is 9.64 Å². The lowest BCUT2D eigenvalue weighted by Gasteiger charge is -2.34. The Morgan fingerprint density at radius 2 is 1.66 bits per heavy atom. The molecule has 8 heteroatoms. The number of carbonyl (C=O) groups excluding carboxylic acids is 1. The summed E-state index contributed by atoms with van der Waals surface area (Å²) >= 11 is 0. The van der Waals surface area contributed by atoms with Gasteiger partial charge in [0.25, 0.3) is 5.91 Å². The number of hydrogen-bond donors (Lipinski definition) is 0. The largest absolute Gasteiger partial charge is 0.411 e. The number of amides is 1. The summed E-state index contributed by atoms with van der Waals surface area (Å²) in [6.45, 7) is 1.65. The van der Waals surface area contributed by atoms with Gasteiger partial charge in [0.05, 0.1) is 6.61 Å². The predicted molar refractivity (Wildman–Crippen MR) is 99.7 cm³/mol. The summed E-state index contributed by atoms with van der Waals surface area (Å²) in [6, 6.07) is 12.9. The van der Waals surface area contributed by atoms with E-state index in [1.807, 2.05) is 0 Å². The van der Waals surface area contributed by atoms with E-state index < -0.39 is 12.8 Å². The van der Waals surface area contributed by atoms with Gasteiger partial charge in [0.1, 0.15) is 12.4 Å². The maximum Gasteiger partial charge on any atom is 0.411 e. The standard InChI is InChI=1S/C21H22F4N2O2/c22-19-6-4-16(5-7-19)13-26-8-10-27(11-9-26)20(28)18-3-1-2-17(12-18)14-29-15-21(23,24)25/h1-7,12H,8-11,13-15H2. The van der Waals surface area contributed by atoms with Gasteiger partial charge in [-0.2, -0.15) is 13.2 Å². The Bertz CT molecular complexity index is 816. The summed E-state index contributed by atoms with van der Waals surface area (Å²) < 4.78 is 54.2. The molecule has 156 valence electrons. The lowest BCUT2D eigenvalue weighted by Crippen LogP contribution is -2.48. The van der Waals surface area contributed by atoms with Gasteiger partial charge in [-0.3, -0.25) is 9.69 Å². The third-order valence-electron chi connectivity index (χ3n) is 4.69. The molecule has 3 rings (SSSR count). The third kappa shape index (κ3) is 6.54. The fraction of sp³-hybridized carbons (Fsp3) is 0.381. The number of alkyl halides is 3. The van der Waals surface area contributed by atoms with Crippen LogP contribution in [0.4, 0.5) is 17.6 Å². The minimum Gasteiger partial charge on any atom is -0.367 e. The normalized spacial score (nSPS) is 15.5. The molecule has 0 saturated carbocycles. The van der Waals surface area contributed by atoms with Crippen molar-refractivity contribution in [2.45, 2.75) is 19.3 Å². The lowest BCUT2D eigenvalue weighted by molar-refractivity contribution is -0.176. The first-order chi connectivity index (χ1) is 13.8. The maximum atomic E-state index is 13.0. The van der Waals surface area contributed by atoms with Gasteiger partial charge in [-0.1, -0.05) is 24.3 Å². The number of halogens is 4. The number of hydrogen-bond acceptors (Lipinski definition) is 3. The van der Waals surface area contributed by atoms with E-state index in [0.29, 0.717) is 43.9 Å². The molecular weight excluding hydrogens is 388 g/mol. The summed E-state index contributed by atoms with van der Waals surface area (Å²) in [5.74, 6) is -0.417. The van der Waals surface area contributed by atoms with Crippen molar-refractivity contribution in [3.8, 4) is 0 Å². The molecule has 2 aromatic carbocycles. The highest BCUT2D eigenvalue weighted by atomic mass is 19.4. The highest BCUT2D eigenvalue weighted by molar-refractivity contribution is 5.94. The minimum absolute atomic E-state index is 0.149. The molecule has 2 aromatic rings. The van der Waals surface area contributed by atoms with Crippen LogP contribution in [0.2, 0.25) is 0 Å². The lowest BCUT2D eigenvalue weighted by atomic mass is 10.1. The quantitative estimate of drug-likeness (QED) is 0.678. The number of rotatable bonds is 6. The molecule has 0 atom stereocenters. The molecule has 4 nitrogen and oxygen atoms in total. The van der Waals surface area contributed by atoms with E-state index in [9.17, 15) is 22.4 Å². The number of ether oxygens (including phenoxy) is 1. The van der Waals surface area contributed by atoms with Crippen molar-refractivity contribution in [1.82, 2.24) is 9.80 Å². The highest BCUT2D eigenvalue weighted by Gasteiger charge is 2.27. The summed E-state index contributed by atoms with van der Waals surface area (Å²) in [6.07, 6.45) is -4.37. The van der Waals surface area contributed by atoms with Gasteiger partial charge < -0.3 is 9.64 Å². The molecular formula is C21H22F4N2O2. The molecule has 0 spiro atoms. The van der Waals surface area contributed by atoms with E-state index in [-0.39, 0.29) is 18.3 Å². The minimum atomic E-state index is -4.37. The van der Waals surface area contributed by atoms with Crippen LogP contribution in [-0.2, 0) is 17.9 Å². The molecule has 0 N–H and O–H groups in total. The van der Waals surface area contributed by atoms with Crippen molar-refractivity contribution in [2.75, 3.05) is 32.8 Å². The van der Waals surface area contributed by atoms with Gasteiger partial charge in [-0.25, -0.2) is 4.39 Å². The Morgan fingerprint density at radius 3 is 2.31 bits per heavy atom. The Balaban J connectivity index is 1.51. The van der Waals surface area contributed by atoms with Gasteiger partial charge in [0.15, 0.2) is 0 Å². The van der Waals surface area contributed by atoms with Gasteiger partial charge in [0, 0.05) is 38.3 Å². The van der Waals surface area contributed by atoms with Crippen LogP contribution in [-0.4, -0.2) is 54.7 Å². The molecule has 29 heavy (non-hydrogen) atoms. The Hall–Kier alpha value is -2.45. The highest BCUT2D eigenvalue weighted by Crippen LogP contribution is 2.17. The zero-order valence-electron chi connectivity index (χ0n) is 15.8. The van der Waals surface area contributed by atoms with E-state index in [1.54, 1.807) is 41.3 Å². The summed E-state index contributed by atoms with van der Waals surface area (Å²) in [7, 11) is 0. The fourth-order valence-corrected chi connectivity index (χ4v) is 3.22. The second-order valence-electron chi connectivity index (χ2n) is 7.00. The molecule has 0 unspecified atom stereocenters. The van der Waals surface area contributed by atoms with Crippen LogP contribution in [0.15, 0.2) is 48.5 Å². The van der Waals surface area contributed by atoms with Crippen molar-refractivity contribution in [3.05, 3.63) is 71.0 Å². The number of carbonyl (C=O) groups is 1. The number of piperazine rings is 1. The van der Waals surface area contributed by atoms with Crippen molar-refractivity contribution < 1.29 is 27.1 Å². The number of nitrogens with zero attached hydrogens (tertiary/aromatic N) is 2. The van der Waals surface area contributed by atoms with Crippen LogP contribution < -0.4 is 0 Å². The Labute approximate surface area is 166 Å². The van der Waals surface area contributed by atoms with E-state index in [4.69, 9.17) is 0 Å². The van der Waals surface area contributed by atoms with Crippen molar-refractivity contribution in [2.24, 2.45) is 0 Å². The van der Waals surface area contributed by atoms with E-state index >= 15 is 0 Å². The van der Waals surface area contributed by atoms with Crippen molar-refractivity contribution >= 4 is 5.91 Å². The fourth-order valence-electron chi connectivity index (χ4n) is 3.22. The molecule has 1 saturated heterocycles. The molecule has 0 aromatic heterocycles. The zero-order valence-corrected chi connectivity index (χ0v) is 15.8. The second-order valence-corrected chi connectivity index (χ2v) is 7.00. The van der Waals surface area contributed by atoms with Gasteiger partial charge in [-0.05, 0) is 35.4 Å². The van der Waals surface area contributed by atoms with Gasteiger partial charge in [-0.15, -0.1) is 0 Å². The Kier molecular flexibility index (Phi) is 6.87. The topological polar surface area (TPSA) is 32.8 Å². The molecule has 1 amide bonds. The average molecular weight is 410 g/mol. The van der Waals surface area contributed by atoms with Crippen LogP contribution in [0.3, 0.4) is 0 Å². The predicted octanol–water partition coefficient (Wildman–Crippen LogP) is 3.86. The average Bonchev–Trinajstić information content (AvgIpc) is 2.69. The van der Waals surface area contributed by atoms with E-state index in [1.165, 1.54) is 12.1 Å². The number of benzene rings is 2. The molecule has 1 aliphatic rings. The Morgan fingerprint density at radius 1 is 0.966 bits per heavy atom. The molecule has 1 aliphatic heterocycles. The van der Waals surface area contributed by atoms with Crippen molar-refractivity contribution in [1.29, 1.82) is 0 Å². The van der Waals surface area contributed by atoms with Crippen LogP contribution in [0.25, 0.3) is 0 Å². The summed E-state index contributed by atoms with van der Waals surface area (Å²) in [4.78, 5) is 16.7. The molecule has 1 heterocycles. The molecule has 0 aliphatic carbocycles. The maximum absolute atomic E-state index is 13.0. The van der Waals surface area contributed by atoms with Crippen LogP contribution in [0, 0.1) is 5.82 Å². The summed E-state index contributed by atoms with van der Waals surface area (Å²) in [5.41, 5.74) is 1.97. The van der Waals surface area contributed by atoms with E-state index in [0.717, 1.165) is 5.56 Å². The van der Waals surface area contributed by atoms with Crippen LogP contribution >= 0.6 is 0 Å². The first-order valence-electron chi connectivity index (χ1n) is 9.30. The SMILES string of the molecule is O=C(c1cccc(COCC(F)(F)F)c1)N1CCN(Cc2ccc(F)cc2)CC1. The smallest absolute Gasteiger partial charge is 0.367 e. The zero-order chi connectivity index (χ0) is 20.9. The van der Waals surface area contributed by atoms with Crippen LogP contribution in [0.1, 0.15) is 21.5 Å². The second kappa shape index (κ2) is 9.37. The molecule has 0 radical (unpaired) electrons. The van der Waals surface area contributed by atoms with Crippen LogP contribution in [0.5, 0.6) is 0 Å². The third-order valence-corrected chi connectivity index (χ3v) is 4.69. The molecule has 0 bridgehead atoms. The van der Waals surface area contributed by atoms with Crippen molar-refractivity contribution in [3.63, 3.8) is 0 Å². The molecule has 1 fully saturated rings. The summed E-state index contributed by atoms with van der Waals surface area (Å²) in [5, 5.41) is 0. The van der Waals surface area contributed by atoms with Gasteiger partial charge in [0.2, 0.25) is 0 Å². The monoisotopic (exact) mass is 410 g/mol. The first-order valence-corrected chi connectivity index (χ1v) is 9.30.